The Morgan fingerprint density at radius 2 is 2.31 bits per heavy atom. The minimum Gasteiger partial charge on any atom is -0.481 e. The molecule has 0 bridgehead atoms. The van der Waals surface area contributed by atoms with Crippen LogP contribution in [0.25, 0.3) is 0 Å². The summed E-state index contributed by atoms with van der Waals surface area (Å²) in [5.41, 5.74) is 0.546. The van der Waals surface area contributed by atoms with Gasteiger partial charge in [0.25, 0.3) is 0 Å². The molecular weight excluding hydrogens is 166 g/mol. The van der Waals surface area contributed by atoms with Gasteiger partial charge in [-0.3, -0.25) is 9.69 Å². The third kappa shape index (κ3) is 2.31. The van der Waals surface area contributed by atoms with Crippen molar-refractivity contribution in [1.82, 2.24) is 4.90 Å². The van der Waals surface area contributed by atoms with Gasteiger partial charge < -0.3 is 5.11 Å². The van der Waals surface area contributed by atoms with Crippen LogP contribution in [0.5, 0.6) is 0 Å². The monoisotopic (exact) mass is 183 g/mol. The molecule has 13 heavy (non-hydrogen) atoms. The van der Waals surface area contributed by atoms with Crippen molar-refractivity contribution in [3.8, 4) is 0 Å². The molecule has 1 rings (SSSR count). The average molecular weight is 183 g/mol. The molecule has 0 spiro atoms. The minimum absolute atomic E-state index is 0.546. The van der Waals surface area contributed by atoms with Crippen molar-refractivity contribution in [3.05, 3.63) is 12.2 Å². The number of rotatable bonds is 3. The van der Waals surface area contributed by atoms with Gasteiger partial charge >= 0.3 is 5.97 Å². The molecule has 1 aliphatic heterocycles. The summed E-state index contributed by atoms with van der Waals surface area (Å²) in [5, 5.41) is 8.98. The van der Waals surface area contributed by atoms with Gasteiger partial charge in [-0.15, -0.1) is 0 Å². The molecule has 1 aliphatic rings. The molecule has 0 saturated carbocycles. The lowest BCUT2D eigenvalue weighted by Gasteiger charge is -2.19. The Labute approximate surface area is 79.0 Å². The highest BCUT2D eigenvalue weighted by molar-refractivity contribution is 5.74. The molecule has 74 valence electrons. The van der Waals surface area contributed by atoms with Crippen LogP contribution >= 0.6 is 0 Å². The third-order valence-corrected chi connectivity index (χ3v) is 2.56. The number of likely N-dealkylation sites (tertiary alicyclic amines) is 1. The van der Waals surface area contributed by atoms with E-state index in [0.717, 1.165) is 25.1 Å². The van der Waals surface area contributed by atoms with Gasteiger partial charge in [-0.2, -0.15) is 0 Å². The molecular formula is C10H17NO2. The fourth-order valence-electron chi connectivity index (χ4n) is 1.75. The molecule has 1 heterocycles. The van der Waals surface area contributed by atoms with Crippen molar-refractivity contribution < 1.29 is 9.90 Å². The van der Waals surface area contributed by atoms with Crippen molar-refractivity contribution in [3.63, 3.8) is 0 Å². The Morgan fingerprint density at radius 3 is 2.69 bits per heavy atom. The van der Waals surface area contributed by atoms with Gasteiger partial charge in [0, 0.05) is 13.1 Å². The predicted molar refractivity (Wildman–Crippen MR) is 51.6 cm³/mol. The molecule has 0 aromatic rings. The van der Waals surface area contributed by atoms with Crippen molar-refractivity contribution in [1.29, 1.82) is 0 Å². The molecule has 0 aromatic heterocycles. The number of carboxylic acids is 1. The quantitative estimate of drug-likeness (QED) is 0.672. The molecule has 0 amide bonds. The van der Waals surface area contributed by atoms with E-state index in [2.05, 4.69) is 11.5 Å². The first-order valence-corrected chi connectivity index (χ1v) is 4.54. The predicted octanol–water partition coefficient (Wildman–Crippen LogP) is 1.36. The van der Waals surface area contributed by atoms with Crippen molar-refractivity contribution >= 4 is 5.97 Å². The molecule has 3 nitrogen and oxygen atoms in total. The summed E-state index contributed by atoms with van der Waals surface area (Å²) in [4.78, 5) is 13.1. The summed E-state index contributed by atoms with van der Waals surface area (Å²) in [6, 6.07) is 0. The molecule has 0 aliphatic carbocycles. The summed E-state index contributed by atoms with van der Waals surface area (Å²) < 4.78 is 0. The van der Waals surface area contributed by atoms with Gasteiger partial charge in [-0.25, -0.2) is 0 Å². The van der Waals surface area contributed by atoms with Crippen LogP contribution in [-0.4, -0.2) is 35.6 Å². The highest BCUT2D eigenvalue weighted by atomic mass is 16.4. The second-order valence-electron chi connectivity index (χ2n) is 4.28. The average Bonchev–Trinajstić information content (AvgIpc) is 2.32. The van der Waals surface area contributed by atoms with E-state index in [9.17, 15) is 4.79 Å². The molecule has 1 unspecified atom stereocenters. The molecule has 1 fully saturated rings. The fourth-order valence-corrected chi connectivity index (χ4v) is 1.75. The summed E-state index contributed by atoms with van der Waals surface area (Å²) in [6.45, 7) is 9.95. The van der Waals surface area contributed by atoms with E-state index in [1.807, 2.05) is 13.8 Å². The van der Waals surface area contributed by atoms with Crippen LogP contribution in [0, 0.1) is 5.41 Å². The molecule has 0 aromatic carbocycles. The SMILES string of the molecule is C=C(C)CN1CCC(C)(C(=O)O)C1. The Balaban J connectivity index is 2.53. The first-order valence-electron chi connectivity index (χ1n) is 4.54. The van der Waals surface area contributed by atoms with E-state index in [0.29, 0.717) is 6.54 Å². The van der Waals surface area contributed by atoms with E-state index in [4.69, 9.17) is 5.11 Å². The zero-order valence-corrected chi connectivity index (χ0v) is 8.34. The van der Waals surface area contributed by atoms with Crippen molar-refractivity contribution in [2.75, 3.05) is 19.6 Å². The van der Waals surface area contributed by atoms with Crippen LogP contribution in [0.15, 0.2) is 12.2 Å². The smallest absolute Gasteiger partial charge is 0.310 e. The number of hydrogen-bond donors (Lipinski definition) is 1. The summed E-state index contributed by atoms with van der Waals surface area (Å²) in [5.74, 6) is -0.684. The summed E-state index contributed by atoms with van der Waals surface area (Å²) >= 11 is 0. The lowest BCUT2D eigenvalue weighted by molar-refractivity contribution is -0.147. The minimum atomic E-state index is -0.684. The van der Waals surface area contributed by atoms with E-state index in [-0.39, 0.29) is 0 Å². The van der Waals surface area contributed by atoms with E-state index < -0.39 is 11.4 Å². The van der Waals surface area contributed by atoms with Gasteiger partial charge in [0.05, 0.1) is 5.41 Å². The number of carboxylic acid groups (broad SMARTS) is 1. The first kappa shape index (κ1) is 10.3. The number of nitrogens with zero attached hydrogens (tertiary/aromatic N) is 1. The maximum Gasteiger partial charge on any atom is 0.310 e. The lowest BCUT2D eigenvalue weighted by Crippen LogP contribution is -2.32. The zero-order chi connectivity index (χ0) is 10.1. The van der Waals surface area contributed by atoms with Crippen molar-refractivity contribution in [2.24, 2.45) is 5.41 Å². The highest BCUT2D eigenvalue weighted by Crippen LogP contribution is 2.30. The van der Waals surface area contributed by atoms with Crippen LogP contribution in [0.4, 0.5) is 0 Å². The van der Waals surface area contributed by atoms with Crippen LogP contribution in [-0.2, 0) is 4.79 Å². The highest BCUT2D eigenvalue weighted by Gasteiger charge is 2.39. The van der Waals surface area contributed by atoms with Gasteiger partial charge in [-0.1, -0.05) is 12.2 Å². The number of hydrogen-bond acceptors (Lipinski definition) is 2. The van der Waals surface area contributed by atoms with Gasteiger partial charge in [-0.05, 0) is 26.8 Å². The summed E-state index contributed by atoms with van der Waals surface area (Å²) in [7, 11) is 0. The molecule has 0 radical (unpaired) electrons. The zero-order valence-electron chi connectivity index (χ0n) is 8.34. The Hall–Kier alpha value is -0.830. The molecule has 1 saturated heterocycles. The third-order valence-electron chi connectivity index (χ3n) is 2.56. The number of aliphatic carboxylic acids is 1. The fraction of sp³-hybridized carbons (Fsp3) is 0.700. The second kappa shape index (κ2) is 3.50. The van der Waals surface area contributed by atoms with Gasteiger partial charge in [0.1, 0.15) is 0 Å². The lowest BCUT2D eigenvalue weighted by atomic mass is 9.90. The number of carbonyl (C=O) groups is 1. The molecule has 1 N–H and O–H groups in total. The molecule has 3 heteroatoms. The first-order chi connectivity index (χ1) is 5.94. The van der Waals surface area contributed by atoms with E-state index in [1.165, 1.54) is 0 Å². The summed E-state index contributed by atoms with van der Waals surface area (Å²) in [6.07, 6.45) is 0.746. The van der Waals surface area contributed by atoms with Crippen LogP contribution in [0.2, 0.25) is 0 Å². The largest absolute Gasteiger partial charge is 0.481 e. The maximum absolute atomic E-state index is 10.9. The van der Waals surface area contributed by atoms with Crippen molar-refractivity contribution in [2.45, 2.75) is 20.3 Å². The van der Waals surface area contributed by atoms with Gasteiger partial charge in [0.15, 0.2) is 0 Å². The van der Waals surface area contributed by atoms with Gasteiger partial charge in [0.2, 0.25) is 0 Å². The van der Waals surface area contributed by atoms with Crippen LogP contribution in [0.3, 0.4) is 0 Å². The van der Waals surface area contributed by atoms with E-state index in [1.54, 1.807) is 0 Å². The Morgan fingerprint density at radius 1 is 1.69 bits per heavy atom. The Bertz CT molecular complexity index is 237. The van der Waals surface area contributed by atoms with Crippen LogP contribution < -0.4 is 0 Å². The second-order valence-corrected chi connectivity index (χ2v) is 4.28. The molecule has 1 atom stereocenters. The normalized spacial score (nSPS) is 29.1. The standard InChI is InChI=1S/C10H17NO2/c1-8(2)6-11-5-4-10(3,7-11)9(12)13/h1,4-7H2,2-3H3,(H,12,13). The van der Waals surface area contributed by atoms with Crippen LogP contribution in [0.1, 0.15) is 20.3 Å². The Kier molecular flexibility index (Phi) is 2.76. The maximum atomic E-state index is 10.9. The van der Waals surface area contributed by atoms with E-state index >= 15 is 0 Å². The topological polar surface area (TPSA) is 40.5 Å².